The Hall–Kier alpha value is 0.0969. The van der Waals surface area contributed by atoms with Crippen LogP contribution in [0.5, 0.6) is 0 Å². The first-order chi connectivity index (χ1) is 6.91. The van der Waals surface area contributed by atoms with Crippen LogP contribution in [0, 0.1) is 0 Å². The highest BCUT2D eigenvalue weighted by Gasteiger charge is 1.91. The van der Waals surface area contributed by atoms with Crippen molar-refractivity contribution >= 4 is 9.76 Å². The molecule has 0 aromatic rings. The lowest BCUT2D eigenvalue weighted by Gasteiger charge is -2.03. The van der Waals surface area contributed by atoms with Gasteiger partial charge in [0.25, 0.3) is 0 Å². The second kappa shape index (κ2) is 13.1. The molecule has 86 valence electrons. The number of hydrogen-bond donors (Lipinski definition) is 0. The topological polar surface area (TPSA) is 27.7 Å². The van der Waals surface area contributed by atoms with Crippen molar-refractivity contribution in [2.75, 3.05) is 27.1 Å². The van der Waals surface area contributed by atoms with E-state index in [1.165, 1.54) is 25.3 Å². The molecule has 0 radical (unpaired) electrons. The van der Waals surface area contributed by atoms with Gasteiger partial charge in [0.1, 0.15) is 6.79 Å². The van der Waals surface area contributed by atoms with Crippen molar-refractivity contribution in [2.45, 2.75) is 38.7 Å². The fourth-order valence-corrected chi connectivity index (χ4v) is 1.85. The van der Waals surface area contributed by atoms with Crippen LogP contribution in [0.3, 0.4) is 0 Å². The van der Waals surface area contributed by atoms with Gasteiger partial charge in [0.05, 0.1) is 0 Å². The van der Waals surface area contributed by atoms with Crippen molar-refractivity contribution in [3.63, 3.8) is 0 Å². The lowest BCUT2D eigenvalue weighted by atomic mass is 10.2. The van der Waals surface area contributed by atoms with Crippen molar-refractivity contribution in [1.29, 1.82) is 0 Å². The molecule has 0 aromatic heterocycles. The summed E-state index contributed by atoms with van der Waals surface area (Å²) in [6.45, 7) is 4.40. The van der Waals surface area contributed by atoms with Gasteiger partial charge in [0, 0.05) is 20.3 Å². The van der Waals surface area contributed by atoms with E-state index in [0.29, 0.717) is 6.79 Å². The Morgan fingerprint density at radius 3 is 2.36 bits per heavy atom. The predicted octanol–water partition coefficient (Wildman–Crippen LogP) is 1.71. The fraction of sp³-hybridized carbons (Fsp3) is 1.00. The summed E-state index contributed by atoms with van der Waals surface area (Å²) in [5.74, 6) is 0. The summed E-state index contributed by atoms with van der Waals surface area (Å²) in [5, 5.41) is 0. The smallest absolute Gasteiger partial charge is 0.161 e. The second-order valence-corrected chi connectivity index (χ2v) is 5.16. The van der Waals surface area contributed by atoms with Gasteiger partial charge in [-0.1, -0.05) is 19.8 Å². The van der Waals surface area contributed by atoms with E-state index in [-0.39, 0.29) is 9.76 Å². The molecular formula is C10H24O3Si. The van der Waals surface area contributed by atoms with E-state index >= 15 is 0 Å². The lowest BCUT2D eigenvalue weighted by Crippen LogP contribution is -2.00. The Morgan fingerprint density at radius 1 is 1.00 bits per heavy atom. The van der Waals surface area contributed by atoms with Crippen LogP contribution in [0.2, 0.25) is 6.04 Å². The van der Waals surface area contributed by atoms with E-state index in [9.17, 15) is 0 Å². The van der Waals surface area contributed by atoms with Gasteiger partial charge in [-0.05, 0) is 18.9 Å². The minimum absolute atomic E-state index is 0.170. The quantitative estimate of drug-likeness (QED) is 0.301. The average Bonchev–Trinajstić information content (AvgIpc) is 2.21. The van der Waals surface area contributed by atoms with E-state index in [2.05, 4.69) is 6.92 Å². The number of rotatable bonds is 11. The van der Waals surface area contributed by atoms with Crippen molar-refractivity contribution in [3.05, 3.63) is 0 Å². The van der Waals surface area contributed by atoms with Gasteiger partial charge in [-0.25, -0.2) is 0 Å². The molecule has 0 rings (SSSR count). The lowest BCUT2D eigenvalue weighted by molar-refractivity contribution is -0.0316. The molecule has 0 spiro atoms. The molecule has 0 fully saturated rings. The summed E-state index contributed by atoms with van der Waals surface area (Å²) in [5.41, 5.74) is 0. The van der Waals surface area contributed by atoms with Crippen LogP contribution in [0.4, 0.5) is 0 Å². The summed E-state index contributed by atoms with van der Waals surface area (Å²) in [6.07, 6.45) is 4.83. The first-order valence-corrected chi connectivity index (χ1v) is 7.14. The zero-order valence-electron chi connectivity index (χ0n) is 9.59. The number of ether oxygens (including phenoxy) is 2. The molecule has 0 atom stereocenters. The zero-order chi connectivity index (χ0) is 10.5. The second-order valence-electron chi connectivity index (χ2n) is 3.34. The summed E-state index contributed by atoms with van der Waals surface area (Å²) < 4.78 is 15.5. The molecule has 0 unspecified atom stereocenters. The molecule has 0 aliphatic heterocycles. The molecule has 0 N–H and O–H groups in total. The maximum Gasteiger partial charge on any atom is 0.161 e. The molecule has 0 saturated carbocycles. The van der Waals surface area contributed by atoms with E-state index in [1.54, 1.807) is 7.11 Å². The SMILES string of the molecule is CC[SiH2]OCCCCCCOCOC. The molecule has 0 amide bonds. The van der Waals surface area contributed by atoms with Crippen LogP contribution in [-0.4, -0.2) is 36.9 Å². The van der Waals surface area contributed by atoms with Gasteiger partial charge in [-0.15, -0.1) is 0 Å². The Kier molecular flexibility index (Phi) is 13.2. The van der Waals surface area contributed by atoms with Crippen LogP contribution in [0.25, 0.3) is 0 Å². The van der Waals surface area contributed by atoms with Crippen LogP contribution in [0.15, 0.2) is 0 Å². The van der Waals surface area contributed by atoms with Gasteiger partial charge in [0.2, 0.25) is 0 Å². The third kappa shape index (κ3) is 12.1. The highest BCUT2D eigenvalue weighted by atomic mass is 28.2. The molecule has 0 saturated heterocycles. The van der Waals surface area contributed by atoms with Crippen molar-refractivity contribution in [3.8, 4) is 0 Å². The van der Waals surface area contributed by atoms with Crippen LogP contribution in [-0.2, 0) is 13.9 Å². The van der Waals surface area contributed by atoms with Crippen molar-refractivity contribution in [2.24, 2.45) is 0 Å². The predicted molar refractivity (Wildman–Crippen MR) is 61.3 cm³/mol. The molecule has 0 aromatic carbocycles. The molecule has 3 nitrogen and oxygen atoms in total. The summed E-state index contributed by atoms with van der Waals surface area (Å²) in [4.78, 5) is 0. The maximum absolute atomic E-state index is 5.52. The highest BCUT2D eigenvalue weighted by Crippen LogP contribution is 2.00. The van der Waals surface area contributed by atoms with E-state index < -0.39 is 0 Å². The van der Waals surface area contributed by atoms with Crippen molar-refractivity contribution < 1.29 is 13.9 Å². The average molecular weight is 220 g/mol. The first-order valence-electron chi connectivity index (χ1n) is 5.56. The van der Waals surface area contributed by atoms with E-state index in [1.807, 2.05) is 0 Å². The normalized spacial score (nSPS) is 11.6. The molecule has 14 heavy (non-hydrogen) atoms. The highest BCUT2D eigenvalue weighted by molar-refractivity contribution is 6.26. The van der Waals surface area contributed by atoms with E-state index in [0.717, 1.165) is 19.6 Å². The maximum atomic E-state index is 5.52. The van der Waals surface area contributed by atoms with Gasteiger partial charge in [0.15, 0.2) is 9.76 Å². The van der Waals surface area contributed by atoms with Crippen LogP contribution < -0.4 is 0 Å². The van der Waals surface area contributed by atoms with Crippen LogP contribution in [0.1, 0.15) is 32.6 Å². The Morgan fingerprint density at radius 2 is 1.71 bits per heavy atom. The zero-order valence-corrected chi connectivity index (χ0v) is 11.0. The van der Waals surface area contributed by atoms with Gasteiger partial charge in [-0.3, -0.25) is 0 Å². The number of hydrogen-bond acceptors (Lipinski definition) is 3. The van der Waals surface area contributed by atoms with Gasteiger partial charge in [-0.2, -0.15) is 0 Å². The standard InChI is InChI=1S/C10H24O3Si/c1-3-14-13-9-7-5-4-6-8-12-10-11-2/h3-10,14H2,1-2H3. The summed E-state index contributed by atoms with van der Waals surface area (Å²) in [6, 6.07) is 1.25. The molecular weight excluding hydrogens is 196 g/mol. The molecule has 0 aliphatic rings. The molecule has 4 heteroatoms. The minimum Gasteiger partial charge on any atom is -0.424 e. The number of unbranched alkanes of at least 4 members (excludes halogenated alkanes) is 3. The largest absolute Gasteiger partial charge is 0.424 e. The third-order valence-corrected chi connectivity index (χ3v) is 2.86. The van der Waals surface area contributed by atoms with Gasteiger partial charge >= 0.3 is 0 Å². The number of methoxy groups -OCH3 is 1. The Labute approximate surface area is 90.1 Å². The van der Waals surface area contributed by atoms with Crippen LogP contribution >= 0.6 is 0 Å². The minimum atomic E-state index is -0.170. The fourth-order valence-electron chi connectivity index (χ4n) is 1.15. The monoisotopic (exact) mass is 220 g/mol. The summed E-state index contributed by atoms with van der Waals surface area (Å²) >= 11 is 0. The summed E-state index contributed by atoms with van der Waals surface area (Å²) in [7, 11) is 1.48. The Balaban J connectivity index is 2.78. The Bertz CT molecular complexity index is 89.4. The molecule has 0 aliphatic carbocycles. The third-order valence-electron chi connectivity index (χ3n) is 1.88. The van der Waals surface area contributed by atoms with Crippen molar-refractivity contribution in [1.82, 2.24) is 0 Å². The first kappa shape index (κ1) is 14.1. The molecule has 0 bridgehead atoms. The molecule has 0 heterocycles. The van der Waals surface area contributed by atoms with Gasteiger partial charge < -0.3 is 13.9 Å². The van der Waals surface area contributed by atoms with E-state index in [4.69, 9.17) is 13.9 Å².